The number of halogens is 2. The van der Waals surface area contributed by atoms with Crippen LogP contribution in [0.15, 0.2) is 6.07 Å². The molecular formula is C11H13F2NO3. The maximum atomic E-state index is 13.5. The summed E-state index contributed by atoms with van der Waals surface area (Å²) in [6.07, 6.45) is -0.621. The van der Waals surface area contributed by atoms with Crippen molar-refractivity contribution in [2.24, 2.45) is 0 Å². The lowest BCUT2D eigenvalue weighted by Gasteiger charge is -2.26. The summed E-state index contributed by atoms with van der Waals surface area (Å²) in [5.74, 6) is -2.69. The van der Waals surface area contributed by atoms with E-state index >= 15 is 0 Å². The Labute approximate surface area is 97.2 Å². The first-order valence-corrected chi connectivity index (χ1v) is 5.22. The maximum absolute atomic E-state index is 13.5. The molecule has 0 saturated carbocycles. The lowest BCUT2D eigenvalue weighted by atomic mass is 10.0. The monoisotopic (exact) mass is 245 g/mol. The standard InChI is InChI=1S/C11H13F2NO3/c1-16-11-7(13)4-6(12)10(15)9(11)8-5-14-2-3-17-8/h4,8,14-15H,2-3,5H2,1H3. The van der Waals surface area contributed by atoms with E-state index in [1.54, 1.807) is 0 Å². The van der Waals surface area contributed by atoms with Crippen LogP contribution in [0.4, 0.5) is 8.78 Å². The van der Waals surface area contributed by atoms with E-state index in [-0.39, 0.29) is 11.3 Å². The molecule has 1 atom stereocenters. The van der Waals surface area contributed by atoms with Gasteiger partial charge in [0.15, 0.2) is 23.1 Å². The highest BCUT2D eigenvalue weighted by atomic mass is 19.1. The van der Waals surface area contributed by atoms with Gasteiger partial charge in [-0.2, -0.15) is 0 Å². The van der Waals surface area contributed by atoms with Crippen LogP contribution in [0.5, 0.6) is 11.5 Å². The molecule has 0 aliphatic carbocycles. The molecule has 2 rings (SSSR count). The number of phenols is 1. The lowest BCUT2D eigenvalue weighted by Crippen LogP contribution is -2.33. The second-order valence-corrected chi connectivity index (χ2v) is 3.70. The van der Waals surface area contributed by atoms with Crippen LogP contribution in [-0.4, -0.2) is 31.9 Å². The summed E-state index contributed by atoms with van der Waals surface area (Å²) >= 11 is 0. The summed E-state index contributed by atoms with van der Waals surface area (Å²) in [5.41, 5.74) is 0.0113. The van der Waals surface area contributed by atoms with E-state index in [9.17, 15) is 13.9 Å². The first kappa shape index (κ1) is 12.1. The minimum absolute atomic E-state index is 0.0113. The van der Waals surface area contributed by atoms with Gasteiger partial charge in [0.1, 0.15) is 6.10 Å². The SMILES string of the molecule is COc1c(F)cc(F)c(O)c1C1CNCCO1. The third-order valence-electron chi connectivity index (χ3n) is 2.65. The van der Waals surface area contributed by atoms with Gasteiger partial charge < -0.3 is 19.9 Å². The Morgan fingerprint density at radius 2 is 2.24 bits per heavy atom. The molecule has 1 fully saturated rings. The predicted molar refractivity (Wildman–Crippen MR) is 56.1 cm³/mol. The molecule has 0 bridgehead atoms. The van der Waals surface area contributed by atoms with Gasteiger partial charge >= 0.3 is 0 Å². The zero-order valence-corrected chi connectivity index (χ0v) is 9.30. The van der Waals surface area contributed by atoms with Gasteiger partial charge in [-0.25, -0.2) is 8.78 Å². The number of ether oxygens (including phenoxy) is 2. The van der Waals surface area contributed by atoms with Crippen molar-refractivity contribution < 1.29 is 23.4 Å². The Morgan fingerprint density at radius 1 is 1.47 bits per heavy atom. The second kappa shape index (κ2) is 4.85. The molecule has 1 aliphatic heterocycles. The number of methoxy groups -OCH3 is 1. The first-order valence-electron chi connectivity index (χ1n) is 5.22. The summed E-state index contributed by atoms with van der Waals surface area (Å²) in [7, 11) is 1.26. The van der Waals surface area contributed by atoms with Gasteiger partial charge in [0.25, 0.3) is 0 Å². The van der Waals surface area contributed by atoms with Crippen molar-refractivity contribution in [1.29, 1.82) is 0 Å². The van der Waals surface area contributed by atoms with Gasteiger partial charge in [-0.15, -0.1) is 0 Å². The van der Waals surface area contributed by atoms with Crippen LogP contribution in [0.3, 0.4) is 0 Å². The fourth-order valence-corrected chi connectivity index (χ4v) is 1.87. The van der Waals surface area contributed by atoms with Crippen LogP contribution in [0.25, 0.3) is 0 Å². The van der Waals surface area contributed by atoms with Crippen LogP contribution in [0, 0.1) is 11.6 Å². The van der Waals surface area contributed by atoms with Crippen molar-refractivity contribution in [2.45, 2.75) is 6.10 Å². The smallest absolute Gasteiger partial charge is 0.168 e. The van der Waals surface area contributed by atoms with Crippen molar-refractivity contribution in [3.05, 3.63) is 23.3 Å². The first-order chi connectivity index (χ1) is 8.15. The molecule has 4 nitrogen and oxygen atoms in total. The predicted octanol–water partition coefficient (Wildman–Crippen LogP) is 1.34. The molecule has 0 radical (unpaired) electrons. The minimum atomic E-state index is -1.02. The van der Waals surface area contributed by atoms with E-state index in [4.69, 9.17) is 9.47 Å². The molecular weight excluding hydrogens is 232 g/mol. The molecule has 1 aliphatic rings. The highest BCUT2D eigenvalue weighted by Crippen LogP contribution is 2.39. The molecule has 0 aromatic heterocycles. The summed E-state index contributed by atoms with van der Waals surface area (Å²) < 4.78 is 37.0. The molecule has 0 spiro atoms. The minimum Gasteiger partial charge on any atom is -0.504 e. The number of benzene rings is 1. The second-order valence-electron chi connectivity index (χ2n) is 3.70. The maximum Gasteiger partial charge on any atom is 0.168 e. The van der Waals surface area contributed by atoms with Crippen LogP contribution >= 0.6 is 0 Å². The third kappa shape index (κ3) is 2.18. The summed E-state index contributed by atoms with van der Waals surface area (Å²) in [6.45, 7) is 1.44. The van der Waals surface area contributed by atoms with Gasteiger partial charge in [0, 0.05) is 19.2 Å². The van der Waals surface area contributed by atoms with E-state index in [2.05, 4.69) is 5.32 Å². The number of nitrogens with one attached hydrogen (secondary N) is 1. The fraction of sp³-hybridized carbons (Fsp3) is 0.455. The Balaban J connectivity index is 2.48. The summed E-state index contributed by atoms with van der Waals surface area (Å²) in [5, 5.41) is 12.7. The van der Waals surface area contributed by atoms with Crippen LogP contribution in [-0.2, 0) is 4.74 Å². The topological polar surface area (TPSA) is 50.7 Å². The molecule has 2 N–H and O–H groups in total. The molecule has 1 saturated heterocycles. The fourth-order valence-electron chi connectivity index (χ4n) is 1.87. The number of morpholine rings is 1. The van der Waals surface area contributed by atoms with Gasteiger partial charge in [-0.1, -0.05) is 0 Å². The highest BCUT2D eigenvalue weighted by molar-refractivity contribution is 5.47. The third-order valence-corrected chi connectivity index (χ3v) is 2.65. The van der Waals surface area contributed by atoms with E-state index in [0.29, 0.717) is 25.8 Å². The number of aromatic hydroxyl groups is 1. The zero-order valence-electron chi connectivity index (χ0n) is 9.30. The normalized spacial score (nSPS) is 20.3. The van der Waals surface area contributed by atoms with Crippen molar-refractivity contribution in [3.63, 3.8) is 0 Å². The van der Waals surface area contributed by atoms with E-state index in [0.717, 1.165) is 0 Å². The van der Waals surface area contributed by atoms with Gasteiger partial charge in [0.2, 0.25) is 0 Å². The molecule has 94 valence electrons. The highest BCUT2D eigenvalue weighted by Gasteiger charge is 2.28. The summed E-state index contributed by atoms with van der Waals surface area (Å²) in [4.78, 5) is 0. The van der Waals surface area contributed by atoms with Crippen molar-refractivity contribution in [1.82, 2.24) is 5.32 Å². The molecule has 0 amide bonds. The molecule has 1 aromatic rings. The van der Waals surface area contributed by atoms with Crippen molar-refractivity contribution >= 4 is 0 Å². The number of rotatable bonds is 2. The molecule has 1 unspecified atom stereocenters. The Morgan fingerprint density at radius 3 is 2.82 bits per heavy atom. The van der Waals surface area contributed by atoms with Crippen LogP contribution < -0.4 is 10.1 Å². The van der Waals surface area contributed by atoms with Crippen molar-refractivity contribution in [3.8, 4) is 11.5 Å². The van der Waals surface area contributed by atoms with Gasteiger partial charge in [-0.05, 0) is 0 Å². The van der Waals surface area contributed by atoms with Gasteiger partial charge in [-0.3, -0.25) is 0 Å². The van der Waals surface area contributed by atoms with Crippen LogP contribution in [0.1, 0.15) is 11.7 Å². The molecule has 1 aromatic carbocycles. The van der Waals surface area contributed by atoms with Crippen LogP contribution in [0.2, 0.25) is 0 Å². The number of phenolic OH excluding ortho intramolecular Hbond substituents is 1. The molecule has 6 heteroatoms. The Hall–Kier alpha value is -1.40. The van der Waals surface area contributed by atoms with E-state index in [1.165, 1.54) is 7.11 Å². The average molecular weight is 245 g/mol. The molecule has 17 heavy (non-hydrogen) atoms. The van der Waals surface area contributed by atoms with Crippen molar-refractivity contribution in [2.75, 3.05) is 26.8 Å². The zero-order chi connectivity index (χ0) is 12.4. The largest absolute Gasteiger partial charge is 0.504 e. The average Bonchev–Trinajstić information content (AvgIpc) is 2.34. The quantitative estimate of drug-likeness (QED) is 0.825. The number of hydrogen-bond donors (Lipinski definition) is 2. The van der Waals surface area contributed by atoms with Gasteiger partial charge in [0.05, 0.1) is 19.3 Å². The lowest BCUT2D eigenvalue weighted by molar-refractivity contribution is 0.0241. The molecule has 1 heterocycles. The number of hydrogen-bond acceptors (Lipinski definition) is 4. The Bertz CT molecular complexity index is 420. The Kier molecular flexibility index (Phi) is 3.44. The van der Waals surface area contributed by atoms with E-state index < -0.39 is 23.5 Å². The van der Waals surface area contributed by atoms with E-state index in [1.807, 2.05) is 0 Å². The summed E-state index contributed by atoms with van der Waals surface area (Å²) in [6, 6.07) is 0.591.